The van der Waals surface area contributed by atoms with Gasteiger partial charge in [-0.05, 0) is 22.3 Å². The maximum absolute atomic E-state index is 3.67. The third-order valence-electron chi connectivity index (χ3n) is 5.98. The van der Waals surface area contributed by atoms with Crippen LogP contribution < -0.4 is 10.6 Å². The zero-order chi connectivity index (χ0) is 21.8. The van der Waals surface area contributed by atoms with Crippen LogP contribution in [0.1, 0.15) is 34.1 Å². The van der Waals surface area contributed by atoms with E-state index in [0.29, 0.717) is 11.8 Å². The Morgan fingerprint density at radius 3 is 0.875 bits per heavy atom. The molecule has 0 aliphatic carbocycles. The van der Waals surface area contributed by atoms with Crippen molar-refractivity contribution in [3.05, 3.63) is 144 Å². The zero-order valence-corrected chi connectivity index (χ0v) is 18.5. The molecule has 0 heterocycles. The molecule has 0 aliphatic rings. The van der Waals surface area contributed by atoms with Crippen LogP contribution in [0.5, 0.6) is 0 Å². The van der Waals surface area contributed by atoms with E-state index in [1.54, 1.807) is 0 Å². The maximum Gasteiger partial charge on any atom is 0.0214 e. The van der Waals surface area contributed by atoms with Crippen molar-refractivity contribution in [1.82, 2.24) is 10.6 Å². The first-order valence-electron chi connectivity index (χ1n) is 11.5. The van der Waals surface area contributed by atoms with Gasteiger partial charge in [0.05, 0.1) is 0 Å². The van der Waals surface area contributed by atoms with Gasteiger partial charge in [0, 0.05) is 38.0 Å². The Balaban J connectivity index is 1.31. The molecule has 2 nitrogen and oxygen atoms in total. The fourth-order valence-electron chi connectivity index (χ4n) is 4.27. The van der Waals surface area contributed by atoms with E-state index in [1.165, 1.54) is 22.3 Å². The van der Waals surface area contributed by atoms with E-state index < -0.39 is 0 Å². The van der Waals surface area contributed by atoms with Gasteiger partial charge in [-0.2, -0.15) is 0 Å². The van der Waals surface area contributed by atoms with Crippen molar-refractivity contribution >= 4 is 0 Å². The highest BCUT2D eigenvalue weighted by Crippen LogP contribution is 2.24. The number of nitrogens with one attached hydrogen (secondary N) is 2. The molecular formula is C30H32N2. The quantitative estimate of drug-likeness (QED) is 0.298. The molecule has 4 rings (SSSR count). The van der Waals surface area contributed by atoms with E-state index in [-0.39, 0.29) is 0 Å². The fourth-order valence-corrected chi connectivity index (χ4v) is 4.27. The molecule has 0 aliphatic heterocycles. The van der Waals surface area contributed by atoms with Crippen LogP contribution in [-0.4, -0.2) is 26.2 Å². The number of benzene rings is 4. The van der Waals surface area contributed by atoms with Gasteiger partial charge in [-0.1, -0.05) is 121 Å². The average molecular weight is 421 g/mol. The van der Waals surface area contributed by atoms with Crippen LogP contribution in [-0.2, 0) is 0 Å². The minimum atomic E-state index is 0.360. The van der Waals surface area contributed by atoms with Gasteiger partial charge >= 0.3 is 0 Å². The van der Waals surface area contributed by atoms with Crippen molar-refractivity contribution < 1.29 is 0 Å². The lowest BCUT2D eigenvalue weighted by atomic mass is 9.91. The van der Waals surface area contributed by atoms with Crippen molar-refractivity contribution in [1.29, 1.82) is 0 Å². The first kappa shape index (κ1) is 22.0. The lowest BCUT2D eigenvalue weighted by molar-refractivity contribution is 0.574. The monoisotopic (exact) mass is 420 g/mol. The number of rotatable bonds is 11. The summed E-state index contributed by atoms with van der Waals surface area (Å²) >= 11 is 0. The molecule has 2 N–H and O–H groups in total. The van der Waals surface area contributed by atoms with Gasteiger partial charge in [0.25, 0.3) is 0 Å². The predicted octanol–water partition coefficient (Wildman–Crippen LogP) is 5.83. The second-order valence-electron chi connectivity index (χ2n) is 8.16. The summed E-state index contributed by atoms with van der Waals surface area (Å²) in [6.07, 6.45) is 0. The Labute approximate surface area is 192 Å². The molecule has 0 fully saturated rings. The summed E-state index contributed by atoms with van der Waals surface area (Å²) in [4.78, 5) is 0. The summed E-state index contributed by atoms with van der Waals surface area (Å²) in [6.45, 7) is 3.73. The molecule has 162 valence electrons. The van der Waals surface area contributed by atoms with Crippen LogP contribution in [0.3, 0.4) is 0 Å². The van der Waals surface area contributed by atoms with E-state index in [2.05, 4.69) is 132 Å². The van der Waals surface area contributed by atoms with E-state index in [1.807, 2.05) is 0 Å². The summed E-state index contributed by atoms with van der Waals surface area (Å²) < 4.78 is 0. The van der Waals surface area contributed by atoms with Crippen molar-refractivity contribution in [2.75, 3.05) is 26.2 Å². The molecule has 0 aromatic heterocycles. The second-order valence-corrected chi connectivity index (χ2v) is 8.16. The van der Waals surface area contributed by atoms with Gasteiger partial charge < -0.3 is 10.6 Å². The summed E-state index contributed by atoms with van der Waals surface area (Å²) in [5.74, 6) is 0.720. The van der Waals surface area contributed by atoms with Gasteiger partial charge in [-0.15, -0.1) is 0 Å². The molecule has 4 aromatic carbocycles. The third-order valence-corrected chi connectivity index (χ3v) is 5.98. The van der Waals surface area contributed by atoms with Crippen LogP contribution in [0.15, 0.2) is 121 Å². The second kappa shape index (κ2) is 12.0. The summed E-state index contributed by atoms with van der Waals surface area (Å²) in [5, 5.41) is 7.35. The molecule has 0 amide bonds. The first-order valence-corrected chi connectivity index (χ1v) is 11.5. The molecule has 0 saturated heterocycles. The molecule has 2 heteroatoms. The topological polar surface area (TPSA) is 24.1 Å². The van der Waals surface area contributed by atoms with Gasteiger partial charge in [-0.25, -0.2) is 0 Å². The van der Waals surface area contributed by atoms with Gasteiger partial charge in [0.2, 0.25) is 0 Å². The Bertz CT molecular complexity index is 851. The largest absolute Gasteiger partial charge is 0.315 e. The predicted molar refractivity (Wildman–Crippen MR) is 135 cm³/mol. The van der Waals surface area contributed by atoms with Crippen molar-refractivity contribution in [2.24, 2.45) is 0 Å². The average Bonchev–Trinajstić information content (AvgIpc) is 2.88. The Morgan fingerprint density at radius 1 is 0.375 bits per heavy atom. The van der Waals surface area contributed by atoms with E-state index in [9.17, 15) is 0 Å². The van der Waals surface area contributed by atoms with Crippen LogP contribution >= 0.6 is 0 Å². The molecular weight excluding hydrogens is 388 g/mol. The van der Waals surface area contributed by atoms with Crippen LogP contribution in [0, 0.1) is 0 Å². The third kappa shape index (κ3) is 6.16. The highest BCUT2D eigenvalue weighted by atomic mass is 14.9. The van der Waals surface area contributed by atoms with Crippen molar-refractivity contribution in [3.8, 4) is 0 Å². The molecule has 0 spiro atoms. The molecule has 0 unspecified atom stereocenters. The van der Waals surface area contributed by atoms with Crippen LogP contribution in [0.4, 0.5) is 0 Å². The van der Waals surface area contributed by atoms with Gasteiger partial charge in [0.1, 0.15) is 0 Å². The minimum Gasteiger partial charge on any atom is -0.315 e. The van der Waals surface area contributed by atoms with Gasteiger partial charge in [-0.3, -0.25) is 0 Å². The SMILES string of the molecule is c1ccc(C(CNCCNCC(c2ccccc2)c2ccccc2)c2ccccc2)cc1. The molecule has 4 aromatic rings. The molecule has 32 heavy (non-hydrogen) atoms. The lowest BCUT2D eigenvalue weighted by Gasteiger charge is -2.20. The highest BCUT2D eigenvalue weighted by molar-refractivity contribution is 5.34. The zero-order valence-electron chi connectivity index (χ0n) is 18.5. The van der Waals surface area contributed by atoms with E-state index in [4.69, 9.17) is 0 Å². The molecule has 0 radical (unpaired) electrons. The lowest BCUT2D eigenvalue weighted by Crippen LogP contribution is -2.32. The Kier molecular flexibility index (Phi) is 8.25. The number of hydrogen-bond donors (Lipinski definition) is 2. The fraction of sp³-hybridized carbons (Fsp3) is 0.200. The highest BCUT2D eigenvalue weighted by Gasteiger charge is 2.14. The molecule has 0 bridgehead atoms. The summed E-state index contributed by atoms with van der Waals surface area (Å²) in [5.41, 5.74) is 5.42. The Hall–Kier alpha value is -3.20. The smallest absolute Gasteiger partial charge is 0.0214 e. The van der Waals surface area contributed by atoms with Crippen molar-refractivity contribution in [3.63, 3.8) is 0 Å². The van der Waals surface area contributed by atoms with Gasteiger partial charge in [0.15, 0.2) is 0 Å². The standard InChI is InChI=1S/C30H32N2/c1-5-13-25(14-6-1)29(26-15-7-2-8-16-26)23-31-21-22-32-24-30(27-17-9-3-10-18-27)28-19-11-4-12-20-28/h1-20,29-32H,21-24H2. The minimum absolute atomic E-state index is 0.360. The summed E-state index contributed by atoms with van der Waals surface area (Å²) in [7, 11) is 0. The van der Waals surface area contributed by atoms with E-state index >= 15 is 0 Å². The molecule has 0 atom stereocenters. The molecule has 0 saturated carbocycles. The number of hydrogen-bond acceptors (Lipinski definition) is 2. The van der Waals surface area contributed by atoms with Crippen molar-refractivity contribution in [2.45, 2.75) is 11.8 Å². The van der Waals surface area contributed by atoms with Crippen LogP contribution in [0.25, 0.3) is 0 Å². The van der Waals surface area contributed by atoms with Crippen LogP contribution in [0.2, 0.25) is 0 Å². The van der Waals surface area contributed by atoms with E-state index in [0.717, 1.165) is 26.2 Å². The first-order chi connectivity index (χ1) is 15.9. The summed E-state index contributed by atoms with van der Waals surface area (Å²) in [6, 6.07) is 43.1. The Morgan fingerprint density at radius 2 is 0.625 bits per heavy atom. The maximum atomic E-state index is 3.67. The normalized spacial score (nSPS) is 11.2.